The Bertz CT molecular complexity index is 95.0. The molecule has 0 unspecified atom stereocenters. The maximum Gasteiger partial charge on any atom is 0.00705 e. The summed E-state index contributed by atoms with van der Waals surface area (Å²) in [4.78, 5) is 0. The van der Waals surface area contributed by atoms with Gasteiger partial charge in [0.2, 0.25) is 0 Å². The molecule has 0 bridgehead atoms. The second-order valence-corrected chi connectivity index (χ2v) is 3.66. The maximum absolute atomic E-state index is 5.85. The minimum Gasteiger partial charge on any atom is -0.327 e. The van der Waals surface area contributed by atoms with Crippen LogP contribution in [0.25, 0.3) is 0 Å². The van der Waals surface area contributed by atoms with E-state index in [1.807, 2.05) is 0 Å². The van der Waals surface area contributed by atoms with Gasteiger partial charge < -0.3 is 5.73 Å². The zero-order chi connectivity index (χ0) is 8.10. The smallest absolute Gasteiger partial charge is 0.00705 e. The van der Waals surface area contributed by atoms with E-state index in [1.165, 1.54) is 32.1 Å². The molecule has 0 spiro atoms. The summed E-state index contributed by atoms with van der Waals surface area (Å²) < 4.78 is 0. The van der Waals surface area contributed by atoms with E-state index in [1.54, 1.807) is 0 Å². The first-order chi connectivity index (χ1) is 5.33. The summed E-state index contributed by atoms with van der Waals surface area (Å²) in [6.07, 6.45) is 10.5. The van der Waals surface area contributed by atoms with Crippen molar-refractivity contribution in [2.45, 2.75) is 51.5 Å². The lowest BCUT2D eigenvalue weighted by Gasteiger charge is -2.23. The Labute approximate surface area is 70.4 Å². The molecule has 1 aliphatic rings. The van der Waals surface area contributed by atoms with Crippen LogP contribution in [0.1, 0.15) is 45.4 Å². The van der Waals surface area contributed by atoms with E-state index in [2.05, 4.69) is 13.3 Å². The van der Waals surface area contributed by atoms with Crippen LogP contribution in [0.5, 0.6) is 0 Å². The third kappa shape index (κ3) is 3.24. The first kappa shape index (κ1) is 9.05. The van der Waals surface area contributed by atoms with Gasteiger partial charge in [-0.25, -0.2) is 0 Å². The first-order valence-electron chi connectivity index (χ1n) is 4.93. The third-order valence-corrected chi connectivity index (χ3v) is 2.64. The molecule has 1 aliphatic carbocycles. The highest BCUT2D eigenvalue weighted by Gasteiger charge is 2.15. The summed E-state index contributed by atoms with van der Waals surface area (Å²) in [5, 5.41) is 0. The molecule has 1 fully saturated rings. The number of nitrogens with two attached hydrogens (primary N) is 1. The van der Waals surface area contributed by atoms with E-state index in [0.717, 1.165) is 12.3 Å². The van der Waals surface area contributed by atoms with Gasteiger partial charge in [0.05, 0.1) is 0 Å². The quantitative estimate of drug-likeness (QED) is 0.664. The van der Waals surface area contributed by atoms with Crippen molar-refractivity contribution in [1.29, 1.82) is 0 Å². The number of rotatable bonds is 3. The molecule has 1 radical (unpaired) electrons. The lowest BCUT2D eigenvalue weighted by molar-refractivity contribution is 0.380. The molecule has 0 aromatic carbocycles. The van der Waals surface area contributed by atoms with E-state index < -0.39 is 0 Å². The lowest BCUT2D eigenvalue weighted by atomic mass is 9.84. The van der Waals surface area contributed by atoms with Crippen LogP contribution in [-0.2, 0) is 0 Å². The van der Waals surface area contributed by atoms with Crippen LogP contribution < -0.4 is 5.73 Å². The van der Waals surface area contributed by atoms with Crippen LogP contribution in [0.3, 0.4) is 0 Å². The van der Waals surface area contributed by atoms with Crippen molar-refractivity contribution in [2.75, 3.05) is 0 Å². The van der Waals surface area contributed by atoms with E-state index in [-0.39, 0.29) is 0 Å². The molecule has 0 saturated heterocycles. The summed E-state index contributed by atoms with van der Waals surface area (Å²) >= 11 is 0. The lowest BCUT2D eigenvalue weighted by Crippen LogP contribution is -2.24. The Morgan fingerprint density at radius 2 is 2.00 bits per heavy atom. The molecule has 0 aliphatic heterocycles. The molecule has 1 nitrogen and oxygen atoms in total. The Kier molecular flexibility index (Phi) is 3.92. The highest BCUT2D eigenvalue weighted by atomic mass is 14.6. The molecule has 0 heterocycles. The fourth-order valence-corrected chi connectivity index (χ4v) is 1.81. The maximum atomic E-state index is 5.85. The Hall–Kier alpha value is -0.0400. The van der Waals surface area contributed by atoms with Crippen molar-refractivity contribution in [1.82, 2.24) is 0 Å². The second kappa shape index (κ2) is 4.76. The highest BCUT2D eigenvalue weighted by Crippen LogP contribution is 2.26. The number of hydrogen-bond acceptors (Lipinski definition) is 1. The molecule has 1 atom stereocenters. The summed E-state index contributed by atoms with van der Waals surface area (Å²) in [6.45, 7) is 2.16. The zero-order valence-electron chi connectivity index (χ0n) is 7.55. The fraction of sp³-hybridized carbons (Fsp3) is 0.900. The standard InChI is InChI=1S/C10H20N/c1-2-10(11)8-9-6-4-3-5-7-9/h8-10H,2-7,11H2,1H3/t10-/m0/s1. The van der Waals surface area contributed by atoms with E-state index in [4.69, 9.17) is 5.73 Å². The Morgan fingerprint density at radius 3 is 2.55 bits per heavy atom. The monoisotopic (exact) mass is 154 g/mol. The van der Waals surface area contributed by atoms with Crippen molar-refractivity contribution in [3.05, 3.63) is 6.42 Å². The highest BCUT2D eigenvalue weighted by molar-refractivity contribution is 4.87. The van der Waals surface area contributed by atoms with Crippen LogP contribution >= 0.6 is 0 Å². The van der Waals surface area contributed by atoms with Gasteiger partial charge in [-0.05, 0) is 18.8 Å². The minimum atomic E-state index is 0.345. The van der Waals surface area contributed by atoms with Crippen molar-refractivity contribution in [3.63, 3.8) is 0 Å². The summed E-state index contributed by atoms with van der Waals surface area (Å²) in [7, 11) is 0. The van der Waals surface area contributed by atoms with Gasteiger partial charge >= 0.3 is 0 Å². The predicted molar refractivity (Wildman–Crippen MR) is 49.1 cm³/mol. The molecule has 1 saturated carbocycles. The van der Waals surface area contributed by atoms with Crippen molar-refractivity contribution < 1.29 is 0 Å². The average molecular weight is 154 g/mol. The average Bonchev–Trinajstić information content (AvgIpc) is 2.06. The third-order valence-electron chi connectivity index (χ3n) is 2.64. The van der Waals surface area contributed by atoms with Gasteiger partial charge in [-0.1, -0.05) is 39.0 Å². The van der Waals surface area contributed by atoms with Gasteiger partial charge in [0.15, 0.2) is 0 Å². The summed E-state index contributed by atoms with van der Waals surface area (Å²) in [5.41, 5.74) is 5.85. The molecule has 11 heavy (non-hydrogen) atoms. The van der Waals surface area contributed by atoms with Gasteiger partial charge in [0.1, 0.15) is 0 Å². The van der Waals surface area contributed by atoms with E-state index in [0.29, 0.717) is 6.04 Å². The van der Waals surface area contributed by atoms with Gasteiger partial charge in [0.25, 0.3) is 0 Å². The molecule has 1 rings (SSSR count). The van der Waals surface area contributed by atoms with E-state index in [9.17, 15) is 0 Å². The summed E-state index contributed by atoms with van der Waals surface area (Å²) in [5.74, 6) is 0.832. The van der Waals surface area contributed by atoms with Gasteiger partial charge in [-0.2, -0.15) is 0 Å². The zero-order valence-corrected chi connectivity index (χ0v) is 7.55. The normalized spacial score (nSPS) is 23.5. The van der Waals surface area contributed by atoms with Gasteiger partial charge in [-0.15, -0.1) is 0 Å². The molecule has 2 N–H and O–H groups in total. The molecule has 1 heteroatoms. The van der Waals surface area contributed by atoms with Crippen molar-refractivity contribution in [2.24, 2.45) is 11.7 Å². The van der Waals surface area contributed by atoms with Crippen molar-refractivity contribution in [3.8, 4) is 0 Å². The Balaban J connectivity index is 2.13. The molecule has 0 aromatic rings. The summed E-state index contributed by atoms with van der Waals surface area (Å²) in [6, 6.07) is 0.345. The van der Waals surface area contributed by atoms with Gasteiger partial charge in [-0.3, -0.25) is 0 Å². The largest absolute Gasteiger partial charge is 0.327 e. The fourth-order valence-electron chi connectivity index (χ4n) is 1.81. The van der Waals surface area contributed by atoms with Crippen LogP contribution in [0.4, 0.5) is 0 Å². The van der Waals surface area contributed by atoms with Crippen molar-refractivity contribution >= 4 is 0 Å². The topological polar surface area (TPSA) is 26.0 Å². The molecular formula is C10H20N. The van der Waals surface area contributed by atoms with Crippen LogP contribution in [0, 0.1) is 12.3 Å². The Morgan fingerprint density at radius 1 is 1.36 bits per heavy atom. The second-order valence-electron chi connectivity index (χ2n) is 3.66. The number of hydrogen-bond donors (Lipinski definition) is 1. The molecule has 0 amide bonds. The van der Waals surface area contributed by atoms with E-state index >= 15 is 0 Å². The first-order valence-corrected chi connectivity index (χ1v) is 4.93. The predicted octanol–water partition coefficient (Wildman–Crippen LogP) is 2.51. The van der Waals surface area contributed by atoms with Gasteiger partial charge in [0, 0.05) is 6.04 Å². The molecule has 0 aromatic heterocycles. The van der Waals surface area contributed by atoms with Crippen LogP contribution in [0.2, 0.25) is 0 Å². The van der Waals surface area contributed by atoms with Crippen LogP contribution in [-0.4, -0.2) is 6.04 Å². The molecule has 65 valence electrons. The molecular weight excluding hydrogens is 134 g/mol. The van der Waals surface area contributed by atoms with Crippen LogP contribution in [0.15, 0.2) is 0 Å². The minimum absolute atomic E-state index is 0.345. The SMILES string of the molecule is CC[C@H](N)[CH]C1CCCCC1.